The Hall–Kier alpha value is -2.01. The second-order valence-corrected chi connectivity index (χ2v) is 10.7. The molecule has 0 N–H and O–H groups in total. The van der Waals surface area contributed by atoms with Crippen LogP contribution in [0.15, 0.2) is 30.9 Å². The fraction of sp³-hybridized carbons (Fsp3) is 0.654. The molecule has 2 unspecified atom stereocenters. The highest BCUT2D eigenvalue weighted by molar-refractivity contribution is 5.70. The molecule has 31 heavy (non-hydrogen) atoms. The lowest BCUT2D eigenvalue weighted by Crippen LogP contribution is -2.50. The molecule has 1 amide bonds. The van der Waals surface area contributed by atoms with Crippen LogP contribution in [0.25, 0.3) is 0 Å². The predicted molar refractivity (Wildman–Crippen MR) is 131 cm³/mol. The molecule has 0 aliphatic carbocycles. The van der Waals surface area contributed by atoms with Crippen LogP contribution in [0.5, 0.6) is 0 Å². The van der Waals surface area contributed by atoms with Crippen LogP contribution >= 0.6 is 0 Å². The van der Waals surface area contributed by atoms with E-state index in [2.05, 4.69) is 69.4 Å². The van der Waals surface area contributed by atoms with Crippen molar-refractivity contribution in [1.29, 1.82) is 0 Å². The number of benzene rings is 1. The summed E-state index contributed by atoms with van der Waals surface area (Å²) < 4.78 is 5.75. The smallest absolute Gasteiger partial charge is 0.410 e. The largest absolute Gasteiger partial charge is 0.444 e. The van der Waals surface area contributed by atoms with Gasteiger partial charge in [-0.25, -0.2) is 4.79 Å². The summed E-state index contributed by atoms with van der Waals surface area (Å²) in [5, 5.41) is 0. The molecule has 0 saturated heterocycles. The van der Waals surface area contributed by atoms with Crippen molar-refractivity contribution in [1.82, 2.24) is 9.80 Å². The van der Waals surface area contributed by atoms with Gasteiger partial charge >= 0.3 is 6.09 Å². The van der Waals surface area contributed by atoms with Crippen LogP contribution in [0.3, 0.4) is 0 Å². The Bertz CT molecular complexity index is 752. The predicted octanol–water partition coefficient (Wildman–Crippen LogP) is 5.19. The van der Waals surface area contributed by atoms with Crippen molar-refractivity contribution in [3.05, 3.63) is 42.0 Å². The Kier molecular flexibility index (Phi) is 8.58. The second-order valence-electron chi connectivity index (χ2n) is 10.7. The number of ether oxygens (including phenoxy) is 1. The first-order valence-corrected chi connectivity index (χ1v) is 11.5. The summed E-state index contributed by atoms with van der Waals surface area (Å²) in [5.74, 6) is 0.973. The van der Waals surface area contributed by atoms with E-state index in [0.717, 1.165) is 26.1 Å². The van der Waals surface area contributed by atoms with Gasteiger partial charge in [-0.3, -0.25) is 4.90 Å². The summed E-state index contributed by atoms with van der Waals surface area (Å²) >= 11 is 0. The minimum Gasteiger partial charge on any atom is -0.444 e. The zero-order chi connectivity index (χ0) is 23.3. The van der Waals surface area contributed by atoms with E-state index in [0.29, 0.717) is 18.4 Å². The van der Waals surface area contributed by atoms with Gasteiger partial charge in [0.25, 0.3) is 0 Å². The standard InChI is InChI=1S/C26H43N3O2/c1-10-20(4)16-28(15-19(2)3)24-13-11-12-21-17-29(25(30)31-26(5,6)7)22(14-23(21)24)18-27(8)9/h10-13,19-20,22H,1,14-18H2,2-9H3. The van der Waals surface area contributed by atoms with E-state index in [-0.39, 0.29) is 12.1 Å². The number of likely N-dealkylation sites (N-methyl/N-ethyl adjacent to an activating group) is 1. The van der Waals surface area contributed by atoms with Gasteiger partial charge in [0.2, 0.25) is 0 Å². The maximum Gasteiger partial charge on any atom is 0.410 e. The van der Waals surface area contributed by atoms with E-state index in [1.807, 2.05) is 31.7 Å². The monoisotopic (exact) mass is 429 g/mol. The lowest BCUT2D eigenvalue weighted by atomic mass is 9.91. The Morgan fingerprint density at radius 2 is 1.94 bits per heavy atom. The molecule has 0 radical (unpaired) electrons. The van der Waals surface area contributed by atoms with Crippen molar-refractivity contribution in [2.45, 2.75) is 66.2 Å². The summed E-state index contributed by atoms with van der Waals surface area (Å²) in [6.07, 6.45) is 2.64. The molecule has 174 valence electrons. The molecule has 2 atom stereocenters. The van der Waals surface area contributed by atoms with Gasteiger partial charge in [-0.1, -0.05) is 39.0 Å². The first-order chi connectivity index (χ1) is 14.4. The number of nitrogens with zero attached hydrogens (tertiary/aromatic N) is 3. The highest BCUT2D eigenvalue weighted by atomic mass is 16.6. The molecule has 5 nitrogen and oxygen atoms in total. The zero-order valence-corrected chi connectivity index (χ0v) is 20.9. The third-order valence-electron chi connectivity index (χ3n) is 5.51. The van der Waals surface area contributed by atoms with Gasteiger partial charge in [-0.15, -0.1) is 6.58 Å². The number of carbonyl (C=O) groups is 1. The van der Waals surface area contributed by atoms with Crippen molar-refractivity contribution in [2.24, 2.45) is 11.8 Å². The maximum absolute atomic E-state index is 13.0. The van der Waals surface area contributed by atoms with Gasteiger partial charge in [-0.05, 0) is 70.3 Å². The van der Waals surface area contributed by atoms with Gasteiger partial charge in [0.05, 0.1) is 6.04 Å². The van der Waals surface area contributed by atoms with Crippen LogP contribution < -0.4 is 4.90 Å². The van der Waals surface area contributed by atoms with Gasteiger partial charge in [0, 0.05) is 31.9 Å². The Balaban J connectivity index is 2.42. The van der Waals surface area contributed by atoms with Crippen molar-refractivity contribution in [3.8, 4) is 0 Å². The number of anilines is 1. The molecule has 1 heterocycles. The van der Waals surface area contributed by atoms with Crippen LogP contribution in [-0.2, 0) is 17.7 Å². The van der Waals surface area contributed by atoms with Crippen LogP contribution in [0.4, 0.5) is 10.5 Å². The van der Waals surface area contributed by atoms with Crippen LogP contribution in [-0.4, -0.2) is 61.3 Å². The number of hydrogen-bond acceptors (Lipinski definition) is 4. The average molecular weight is 430 g/mol. The maximum atomic E-state index is 13.0. The normalized spacial score (nSPS) is 17.5. The van der Waals surface area contributed by atoms with Crippen LogP contribution in [0.1, 0.15) is 52.7 Å². The molecule has 0 spiro atoms. The zero-order valence-electron chi connectivity index (χ0n) is 20.9. The lowest BCUT2D eigenvalue weighted by molar-refractivity contribution is 0.00930. The summed E-state index contributed by atoms with van der Waals surface area (Å²) in [5.41, 5.74) is 3.38. The molecule has 2 rings (SSSR count). The third-order valence-corrected chi connectivity index (χ3v) is 5.51. The topological polar surface area (TPSA) is 36.0 Å². The summed E-state index contributed by atoms with van der Waals surface area (Å²) in [7, 11) is 4.12. The summed E-state index contributed by atoms with van der Waals surface area (Å²) in [6, 6.07) is 6.61. The average Bonchev–Trinajstić information content (AvgIpc) is 2.64. The van der Waals surface area contributed by atoms with E-state index < -0.39 is 5.60 Å². The Morgan fingerprint density at radius 3 is 2.48 bits per heavy atom. The molecule has 0 fully saturated rings. The number of fused-ring (bicyclic) bond motifs is 1. The minimum absolute atomic E-state index is 0.0798. The number of amides is 1. The van der Waals surface area contributed by atoms with E-state index in [9.17, 15) is 4.79 Å². The van der Waals surface area contributed by atoms with Crippen molar-refractivity contribution in [2.75, 3.05) is 38.6 Å². The third kappa shape index (κ3) is 7.27. The highest BCUT2D eigenvalue weighted by Crippen LogP contribution is 2.33. The summed E-state index contributed by atoms with van der Waals surface area (Å²) in [6.45, 7) is 19.8. The van der Waals surface area contributed by atoms with Crippen molar-refractivity contribution < 1.29 is 9.53 Å². The molecular weight excluding hydrogens is 386 g/mol. The number of rotatable bonds is 8. The molecule has 1 aliphatic rings. The second kappa shape index (κ2) is 10.5. The lowest BCUT2D eigenvalue weighted by Gasteiger charge is -2.41. The number of hydrogen-bond donors (Lipinski definition) is 0. The van der Waals surface area contributed by atoms with Gasteiger partial charge < -0.3 is 14.5 Å². The highest BCUT2D eigenvalue weighted by Gasteiger charge is 2.34. The molecular formula is C26H43N3O2. The molecule has 1 aromatic rings. The first kappa shape index (κ1) is 25.3. The summed E-state index contributed by atoms with van der Waals surface area (Å²) in [4.78, 5) is 19.6. The van der Waals surface area contributed by atoms with Gasteiger partial charge in [0.15, 0.2) is 0 Å². The quantitative estimate of drug-likeness (QED) is 0.533. The van der Waals surface area contributed by atoms with Gasteiger partial charge in [0.1, 0.15) is 5.60 Å². The van der Waals surface area contributed by atoms with Crippen LogP contribution in [0.2, 0.25) is 0 Å². The molecule has 5 heteroatoms. The van der Waals surface area contributed by atoms with Crippen LogP contribution in [0, 0.1) is 11.8 Å². The molecule has 0 bridgehead atoms. The van der Waals surface area contributed by atoms with E-state index in [1.165, 1.54) is 16.8 Å². The minimum atomic E-state index is -0.503. The fourth-order valence-electron chi connectivity index (χ4n) is 4.21. The Morgan fingerprint density at radius 1 is 1.26 bits per heavy atom. The van der Waals surface area contributed by atoms with E-state index in [4.69, 9.17) is 4.74 Å². The van der Waals surface area contributed by atoms with Gasteiger partial charge in [-0.2, -0.15) is 0 Å². The van der Waals surface area contributed by atoms with Crippen molar-refractivity contribution in [3.63, 3.8) is 0 Å². The van der Waals surface area contributed by atoms with Crippen molar-refractivity contribution >= 4 is 11.8 Å². The van der Waals surface area contributed by atoms with E-state index >= 15 is 0 Å². The molecule has 0 saturated carbocycles. The Labute approximate surface area is 190 Å². The molecule has 1 aromatic carbocycles. The fourth-order valence-corrected chi connectivity index (χ4v) is 4.21. The first-order valence-electron chi connectivity index (χ1n) is 11.5. The number of carbonyl (C=O) groups excluding carboxylic acids is 1. The SMILES string of the molecule is C=CC(C)CN(CC(C)C)c1cccc2c1CC(CN(C)C)N(C(=O)OC(C)(C)C)C2. The molecule has 0 aromatic heterocycles. The van der Waals surface area contributed by atoms with E-state index in [1.54, 1.807) is 0 Å². The molecule has 1 aliphatic heterocycles.